The maximum atomic E-state index is 10.5. The fourth-order valence-corrected chi connectivity index (χ4v) is 0.692. The third kappa shape index (κ3) is 5.35. The summed E-state index contributed by atoms with van der Waals surface area (Å²) >= 11 is 0. The summed E-state index contributed by atoms with van der Waals surface area (Å²) in [6.07, 6.45) is 1.63. The highest BCUT2D eigenvalue weighted by atomic mass is 16.5. The maximum Gasteiger partial charge on any atom is 0.155 e. The van der Waals surface area contributed by atoms with Crippen molar-refractivity contribution in [1.82, 2.24) is 0 Å². The van der Waals surface area contributed by atoms with E-state index >= 15 is 0 Å². The number of rotatable bonds is 3. The lowest BCUT2D eigenvalue weighted by Crippen LogP contribution is -2.01. The molecule has 0 aliphatic rings. The third-order valence-corrected chi connectivity index (χ3v) is 0.828. The van der Waals surface area contributed by atoms with E-state index in [2.05, 4.69) is 0 Å². The lowest BCUT2D eigenvalue weighted by Gasteiger charge is -2.08. The van der Waals surface area contributed by atoms with Gasteiger partial charge in [0, 0.05) is 6.08 Å². The smallest absolute Gasteiger partial charge is 0.155 e. The average Bonchev–Trinajstić information content (AvgIpc) is 1.58. The second kappa shape index (κ2) is 4.09. The van der Waals surface area contributed by atoms with Gasteiger partial charge in [0.1, 0.15) is 0 Å². The molecule has 0 aromatic carbocycles. The molecule has 0 aromatic heterocycles. The quantitative estimate of drug-likeness (QED) is 0.444. The van der Waals surface area contributed by atoms with Gasteiger partial charge in [-0.05, 0) is 27.7 Å². The van der Waals surface area contributed by atoms with Crippen LogP contribution >= 0.6 is 0 Å². The van der Waals surface area contributed by atoms with Crippen LogP contribution in [0.4, 0.5) is 0 Å². The molecule has 0 amide bonds. The molecular weight excluding hydrogens is 128 g/mol. The summed E-state index contributed by atoms with van der Waals surface area (Å²) in [7, 11) is 0. The van der Waals surface area contributed by atoms with Crippen molar-refractivity contribution in [2.24, 2.45) is 0 Å². The van der Waals surface area contributed by atoms with Gasteiger partial charge in [-0.2, -0.15) is 0 Å². The van der Waals surface area contributed by atoms with E-state index in [1.807, 2.05) is 13.8 Å². The zero-order chi connectivity index (χ0) is 8.15. The van der Waals surface area contributed by atoms with Gasteiger partial charge in [-0.1, -0.05) is 0 Å². The number of hydrogen-bond acceptors (Lipinski definition) is 2. The Morgan fingerprint density at radius 3 is 2.20 bits per heavy atom. The van der Waals surface area contributed by atoms with Crippen molar-refractivity contribution in [1.29, 1.82) is 0 Å². The first kappa shape index (κ1) is 9.21. The lowest BCUT2D eigenvalue weighted by atomic mass is 10.3. The van der Waals surface area contributed by atoms with Crippen LogP contribution in [-0.4, -0.2) is 11.9 Å². The first-order chi connectivity index (χ1) is 4.52. The SMILES string of the molecule is CC(=O)/C=C(/C)OC(C)C. The van der Waals surface area contributed by atoms with Gasteiger partial charge in [0.2, 0.25) is 0 Å². The monoisotopic (exact) mass is 142 g/mol. The number of hydrogen-bond donors (Lipinski definition) is 0. The van der Waals surface area contributed by atoms with Gasteiger partial charge in [-0.25, -0.2) is 0 Å². The standard InChI is InChI=1S/C8H14O2/c1-6(2)10-8(4)5-7(3)9/h5-6H,1-4H3/b8-5-. The Balaban J connectivity index is 3.83. The molecule has 0 bridgehead atoms. The van der Waals surface area contributed by atoms with E-state index in [1.54, 1.807) is 6.92 Å². The normalized spacial score (nSPS) is 11.9. The van der Waals surface area contributed by atoms with Crippen LogP contribution in [0.15, 0.2) is 11.8 Å². The zero-order valence-corrected chi connectivity index (χ0v) is 6.97. The van der Waals surface area contributed by atoms with E-state index in [0.29, 0.717) is 5.76 Å². The highest BCUT2D eigenvalue weighted by Crippen LogP contribution is 1.99. The number of ether oxygens (including phenoxy) is 1. The minimum Gasteiger partial charge on any atom is -0.496 e. The highest BCUT2D eigenvalue weighted by molar-refractivity contribution is 5.87. The molecular formula is C8H14O2. The van der Waals surface area contributed by atoms with Crippen LogP contribution in [0.1, 0.15) is 27.7 Å². The van der Waals surface area contributed by atoms with Crippen molar-refractivity contribution >= 4 is 5.78 Å². The average molecular weight is 142 g/mol. The highest BCUT2D eigenvalue weighted by Gasteiger charge is 1.95. The number of carbonyl (C=O) groups is 1. The molecule has 0 heterocycles. The summed E-state index contributed by atoms with van der Waals surface area (Å²) in [5, 5.41) is 0. The zero-order valence-electron chi connectivity index (χ0n) is 6.97. The van der Waals surface area contributed by atoms with Gasteiger partial charge >= 0.3 is 0 Å². The van der Waals surface area contributed by atoms with Crippen molar-refractivity contribution in [3.8, 4) is 0 Å². The minimum atomic E-state index is 0.0261. The molecule has 0 fully saturated rings. The summed E-state index contributed by atoms with van der Waals surface area (Å²) in [4.78, 5) is 10.5. The molecule has 0 radical (unpaired) electrons. The Kier molecular flexibility index (Phi) is 3.77. The van der Waals surface area contributed by atoms with E-state index in [1.165, 1.54) is 13.0 Å². The molecule has 0 aliphatic carbocycles. The molecule has 0 saturated carbocycles. The largest absolute Gasteiger partial charge is 0.496 e. The van der Waals surface area contributed by atoms with E-state index in [9.17, 15) is 4.79 Å². The van der Waals surface area contributed by atoms with Crippen LogP contribution in [0.3, 0.4) is 0 Å². The molecule has 2 nitrogen and oxygen atoms in total. The second-order valence-corrected chi connectivity index (χ2v) is 2.53. The Bertz CT molecular complexity index is 145. The van der Waals surface area contributed by atoms with Crippen molar-refractivity contribution in [2.45, 2.75) is 33.8 Å². The Hall–Kier alpha value is -0.790. The van der Waals surface area contributed by atoms with Gasteiger partial charge in [0.25, 0.3) is 0 Å². The van der Waals surface area contributed by atoms with E-state index in [4.69, 9.17) is 4.74 Å². The minimum absolute atomic E-state index is 0.0261. The van der Waals surface area contributed by atoms with Crippen LogP contribution < -0.4 is 0 Å². The van der Waals surface area contributed by atoms with Crippen LogP contribution in [0.5, 0.6) is 0 Å². The lowest BCUT2D eigenvalue weighted by molar-refractivity contribution is -0.112. The molecule has 58 valence electrons. The third-order valence-electron chi connectivity index (χ3n) is 0.828. The van der Waals surface area contributed by atoms with E-state index < -0.39 is 0 Å². The number of carbonyl (C=O) groups excluding carboxylic acids is 1. The maximum absolute atomic E-state index is 10.5. The van der Waals surface area contributed by atoms with E-state index in [-0.39, 0.29) is 11.9 Å². The first-order valence-electron chi connectivity index (χ1n) is 3.38. The second-order valence-electron chi connectivity index (χ2n) is 2.53. The first-order valence-corrected chi connectivity index (χ1v) is 3.38. The van der Waals surface area contributed by atoms with Crippen molar-refractivity contribution < 1.29 is 9.53 Å². The van der Waals surface area contributed by atoms with Crippen LogP contribution in [-0.2, 0) is 9.53 Å². The van der Waals surface area contributed by atoms with E-state index in [0.717, 1.165) is 0 Å². The summed E-state index contributed by atoms with van der Waals surface area (Å²) < 4.78 is 5.20. The van der Waals surface area contributed by atoms with Gasteiger partial charge in [0.05, 0.1) is 11.9 Å². The van der Waals surface area contributed by atoms with Gasteiger partial charge in [-0.15, -0.1) is 0 Å². The van der Waals surface area contributed by atoms with Crippen LogP contribution in [0, 0.1) is 0 Å². The van der Waals surface area contributed by atoms with Crippen LogP contribution in [0.2, 0.25) is 0 Å². The van der Waals surface area contributed by atoms with Crippen molar-refractivity contribution in [3.05, 3.63) is 11.8 Å². The molecule has 2 heteroatoms. The van der Waals surface area contributed by atoms with Crippen LogP contribution in [0.25, 0.3) is 0 Å². The Morgan fingerprint density at radius 2 is 1.90 bits per heavy atom. The fourth-order valence-electron chi connectivity index (χ4n) is 0.692. The Labute approximate surface area is 61.9 Å². The fraction of sp³-hybridized carbons (Fsp3) is 0.625. The summed E-state index contributed by atoms with van der Waals surface area (Å²) in [6.45, 7) is 7.14. The molecule has 0 aromatic rings. The summed E-state index contributed by atoms with van der Waals surface area (Å²) in [6, 6.07) is 0. The van der Waals surface area contributed by atoms with Gasteiger partial charge < -0.3 is 4.74 Å². The summed E-state index contributed by atoms with van der Waals surface area (Å²) in [5.74, 6) is 0.709. The Morgan fingerprint density at radius 1 is 1.40 bits per heavy atom. The predicted molar refractivity (Wildman–Crippen MR) is 40.7 cm³/mol. The molecule has 0 atom stereocenters. The molecule has 0 aliphatic heterocycles. The molecule has 10 heavy (non-hydrogen) atoms. The van der Waals surface area contributed by atoms with Crippen molar-refractivity contribution in [2.75, 3.05) is 0 Å². The summed E-state index contributed by atoms with van der Waals surface area (Å²) in [5.41, 5.74) is 0. The number of allylic oxidation sites excluding steroid dienone is 2. The molecule has 0 spiro atoms. The van der Waals surface area contributed by atoms with Gasteiger partial charge in [-0.3, -0.25) is 4.79 Å². The topological polar surface area (TPSA) is 26.3 Å². The molecule has 0 N–H and O–H groups in total. The number of ketones is 1. The molecule has 0 unspecified atom stereocenters. The van der Waals surface area contributed by atoms with Crippen molar-refractivity contribution in [3.63, 3.8) is 0 Å². The molecule has 0 rings (SSSR count). The van der Waals surface area contributed by atoms with Gasteiger partial charge in [0.15, 0.2) is 5.78 Å². The molecule has 0 saturated heterocycles. The predicted octanol–water partition coefficient (Wildman–Crippen LogP) is 1.90.